The van der Waals surface area contributed by atoms with Gasteiger partial charge < -0.3 is 5.32 Å². The van der Waals surface area contributed by atoms with Crippen molar-refractivity contribution < 1.29 is 21.6 Å². The molecule has 0 saturated heterocycles. The van der Waals surface area contributed by atoms with Crippen LogP contribution in [0.1, 0.15) is 24.0 Å². The number of sulfonamides is 1. The first kappa shape index (κ1) is 17.9. The maximum absolute atomic E-state index is 12.5. The number of nitrogens with one attached hydrogen (secondary N) is 2. The molecule has 0 radical (unpaired) electrons. The molecule has 1 rings (SSSR count). The number of benzene rings is 1. The highest BCUT2D eigenvalue weighted by Gasteiger charge is 2.30. The predicted molar refractivity (Wildman–Crippen MR) is 75.2 cm³/mol. The van der Waals surface area contributed by atoms with Gasteiger partial charge in [-0.15, -0.1) is 0 Å². The van der Waals surface area contributed by atoms with Gasteiger partial charge in [-0.25, -0.2) is 13.1 Å². The maximum atomic E-state index is 12.5. The Morgan fingerprint density at radius 1 is 1.19 bits per heavy atom. The number of halogens is 3. The minimum absolute atomic E-state index is 0.0341. The zero-order valence-corrected chi connectivity index (χ0v) is 12.5. The lowest BCUT2D eigenvalue weighted by molar-refractivity contribution is -0.137. The van der Waals surface area contributed by atoms with E-state index in [0.29, 0.717) is 6.42 Å². The first-order valence-corrected chi connectivity index (χ1v) is 8.18. The van der Waals surface area contributed by atoms with E-state index in [1.165, 1.54) is 12.1 Å². The third-order valence-corrected chi connectivity index (χ3v) is 4.25. The summed E-state index contributed by atoms with van der Waals surface area (Å²) in [5.41, 5.74) is -0.503. The van der Waals surface area contributed by atoms with Crippen LogP contribution in [0.25, 0.3) is 0 Å². The number of unbranched alkanes of at least 4 members (excludes halogenated alkanes) is 1. The second-order valence-corrected chi connectivity index (χ2v) is 6.58. The molecule has 120 valence electrons. The van der Waals surface area contributed by atoms with Crippen molar-refractivity contribution in [3.05, 3.63) is 35.4 Å². The molecule has 0 aliphatic carbocycles. The third kappa shape index (κ3) is 6.92. The van der Waals surface area contributed by atoms with Crippen LogP contribution in [-0.2, 0) is 22.7 Å². The highest BCUT2D eigenvalue weighted by molar-refractivity contribution is 7.89. The van der Waals surface area contributed by atoms with E-state index >= 15 is 0 Å². The van der Waals surface area contributed by atoms with Gasteiger partial charge in [0, 0.05) is 6.54 Å². The van der Waals surface area contributed by atoms with Crippen molar-refractivity contribution in [2.24, 2.45) is 0 Å². The Morgan fingerprint density at radius 2 is 1.90 bits per heavy atom. The fourth-order valence-electron chi connectivity index (χ4n) is 1.72. The molecule has 0 bridgehead atoms. The topological polar surface area (TPSA) is 58.2 Å². The van der Waals surface area contributed by atoms with Crippen molar-refractivity contribution in [3.63, 3.8) is 0 Å². The van der Waals surface area contributed by atoms with Crippen LogP contribution in [-0.4, -0.2) is 27.8 Å². The van der Waals surface area contributed by atoms with Gasteiger partial charge in [-0.05, 0) is 38.1 Å². The zero-order chi connectivity index (χ0) is 15.9. The van der Waals surface area contributed by atoms with Gasteiger partial charge in [-0.3, -0.25) is 0 Å². The van der Waals surface area contributed by atoms with Gasteiger partial charge in [0.25, 0.3) is 0 Å². The summed E-state index contributed by atoms with van der Waals surface area (Å²) < 4.78 is 63.3. The summed E-state index contributed by atoms with van der Waals surface area (Å²) >= 11 is 0. The molecule has 0 unspecified atom stereocenters. The van der Waals surface area contributed by atoms with E-state index in [1.54, 1.807) is 7.05 Å². The molecule has 0 fully saturated rings. The van der Waals surface area contributed by atoms with Crippen molar-refractivity contribution in [1.82, 2.24) is 10.0 Å². The predicted octanol–water partition coefficient (Wildman–Crippen LogP) is 2.12. The van der Waals surface area contributed by atoms with Crippen LogP contribution in [0.3, 0.4) is 0 Å². The Balaban J connectivity index is 2.54. The van der Waals surface area contributed by atoms with E-state index < -0.39 is 21.8 Å². The summed E-state index contributed by atoms with van der Waals surface area (Å²) in [7, 11) is -1.69. The summed E-state index contributed by atoms with van der Waals surface area (Å²) in [6.07, 6.45) is -3.21. The van der Waals surface area contributed by atoms with Crippen molar-refractivity contribution in [1.29, 1.82) is 0 Å². The fourth-order valence-corrected chi connectivity index (χ4v) is 2.83. The normalized spacial score (nSPS) is 12.6. The average molecular weight is 324 g/mol. The standard InChI is InChI=1S/C13H19F3N2O2S/c1-17-7-2-3-8-21(19,20)18-10-11-5-4-6-12(9-11)13(14,15)16/h4-6,9,17-18H,2-3,7-8,10H2,1H3. The van der Waals surface area contributed by atoms with E-state index in [0.717, 1.165) is 25.1 Å². The molecule has 0 saturated carbocycles. The van der Waals surface area contributed by atoms with E-state index in [-0.39, 0.29) is 17.9 Å². The molecule has 1 aromatic carbocycles. The number of hydrogen-bond acceptors (Lipinski definition) is 3. The number of hydrogen-bond donors (Lipinski definition) is 2. The molecular weight excluding hydrogens is 305 g/mol. The fraction of sp³-hybridized carbons (Fsp3) is 0.538. The van der Waals surface area contributed by atoms with Gasteiger partial charge in [0.2, 0.25) is 10.0 Å². The van der Waals surface area contributed by atoms with Crippen LogP contribution >= 0.6 is 0 Å². The molecule has 0 heterocycles. The van der Waals surface area contributed by atoms with Crippen LogP contribution < -0.4 is 10.0 Å². The summed E-state index contributed by atoms with van der Waals surface area (Å²) in [6, 6.07) is 4.62. The van der Waals surface area contributed by atoms with E-state index in [4.69, 9.17) is 0 Å². The Kier molecular flexibility index (Phi) is 6.63. The summed E-state index contributed by atoms with van der Waals surface area (Å²) in [4.78, 5) is 0. The Hall–Kier alpha value is -1.12. The smallest absolute Gasteiger partial charge is 0.320 e. The van der Waals surface area contributed by atoms with Gasteiger partial charge in [0.05, 0.1) is 11.3 Å². The first-order chi connectivity index (χ1) is 9.74. The third-order valence-electron chi connectivity index (χ3n) is 2.84. The van der Waals surface area contributed by atoms with Gasteiger partial charge in [0.15, 0.2) is 0 Å². The SMILES string of the molecule is CNCCCCS(=O)(=O)NCc1cccc(C(F)(F)F)c1. The maximum Gasteiger partial charge on any atom is 0.416 e. The second kappa shape index (κ2) is 7.77. The van der Waals surface area contributed by atoms with Crippen molar-refractivity contribution in [2.75, 3.05) is 19.3 Å². The molecule has 1 aromatic rings. The lowest BCUT2D eigenvalue weighted by Crippen LogP contribution is -2.26. The Morgan fingerprint density at radius 3 is 2.52 bits per heavy atom. The zero-order valence-electron chi connectivity index (χ0n) is 11.7. The van der Waals surface area contributed by atoms with Crippen molar-refractivity contribution in [3.8, 4) is 0 Å². The second-order valence-electron chi connectivity index (χ2n) is 4.65. The van der Waals surface area contributed by atoms with Gasteiger partial charge in [-0.1, -0.05) is 18.2 Å². The monoisotopic (exact) mass is 324 g/mol. The van der Waals surface area contributed by atoms with Gasteiger partial charge in [0.1, 0.15) is 0 Å². The lowest BCUT2D eigenvalue weighted by atomic mass is 10.1. The van der Waals surface area contributed by atoms with E-state index in [9.17, 15) is 21.6 Å². The molecule has 0 spiro atoms. The summed E-state index contributed by atoms with van der Waals surface area (Å²) in [6.45, 7) is 0.585. The van der Waals surface area contributed by atoms with Crippen LogP contribution in [0, 0.1) is 0 Å². The van der Waals surface area contributed by atoms with Crippen LogP contribution in [0.2, 0.25) is 0 Å². The molecule has 21 heavy (non-hydrogen) atoms. The van der Waals surface area contributed by atoms with Crippen LogP contribution in [0.5, 0.6) is 0 Å². The minimum atomic E-state index is -4.43. The van der Waals surface area contributed by atoms with Crippen molar-refractivity contribution >= 4 is 10.0 Å². The molecule has 2 N–H and O–H groups in total. The molecule has 0 aromatic heterocycles. The van der Waals surface area contributed by atoms with Crippen molar-refractivity contribution in [2.45, 2.75) is 25.6 Å². The Bertz CT molecular complexity index is 545. The highest BCUT2D eigenvalue weighted by Crippen LogP contribution is 2.29. The molecule has 0 atom stereocenters. The summed E-state index contributed by atoms with van der Waals surface area (Å²) in [5.74, 6) is -0.0341. The van der Waals surface area contributed by atoms with Crippen LogP contribution in [0.4, 0.5) is 13.2 Å². The molecule has 0 amide bonds. The van der Waals surface area contributed by atoms with Crippen LogP contribution in [0.15, 0.2) is 24.3 Å². The molecule has 8 heteroatoms. The van der Waals surface area contributed by atoms with Gasteiger partial charge >= 0.3 is 6.18 Å². The number of alkyl halides is 3. The minimum Gasteiger partial charge on any atom is -0.320 e. The van der Waals surface area contributed by atoms with E-state index in [2.05, 4.69) is 10.0 Å². The molecule has 0 aliphatic heterocycles. The summed E-state index contributed by atoms with van der Waals surface area (Å²) in [5, 5.41) is 2.91. The number of rotatable bonds is 8. The quantitative estimate of drug-likeness (QED) is 0.720. The van der Waals surface area contributed by atoms with Gasteiger partial charge in [-0.2, -0.15) is 13.2 Å². The lowest BCUT2D eigenvalue weighted by Gasteiger charge is -2.10. The molecule has 4 nitrogen and oxygen atoms in total. The largest absolute Gasteiger partial charge is 0.416 e. The Labute approximate surface area is 122 Å². The van der Waals surface area contributed by atoms with E-state index in [1.807, 2.05) is 0 Å². The highest BCUT2D eigenvalue weighted by atomic mass is 32.2. The first-order valence-electron chi connectivity index (χ1n) is 6.53. The average Bonchev–Trinajstić information content (AvgIpc) is 2.41. The molecular formula is C13H19F3N2O2S. The molecule has 0 aliphatic rings.